The lowest BCUT2D eigenvalue weighted by molar-refractivity contribution is 0.592. The van der Waals surface area contributed by atoms with Crippen molar-refractivity contribution in [1.82, 2.24) is 4.98 Å². The van der Waals surface area contributed by atoms with Gasteiger partial charge in [0.1, 0.15) is 0 Å². The van der Waals surface area contributed by atoms with Crippen molar-refractivity contribution in [3.63, 3.8) is 0 Å². The Labute approximate surface area is 228 Å². The minimum atomic E-state index is -3.90. The molecule has 0 N–H and O–H groups in total. The minimum Gasteiger partial charge on any atom is -0.310 e. The number of para-hydroxylation sites is 2. The van der Waals surface area contributed by atoms with Crippen molar-refractivity contribution in [2.75, 3.05) is 4.90 Å². The summed E-state index contributed by atoms with van der Waals surface area (Å²) in [6.45, 7) is 4.48. The number of rotatable bonds is 4. The standard InChI is InChI=1S/C33H25N3O2S/c1-33(2)27-15-6-8-17-30(27)36(31-18-9-7-16-28(31)33)25-12-10-11-24(21-25)29-19-23(22-34)20-32(35-29)39(37,38)26-13-4-3-5-14-26/h3-21H,1-2H3. The Kier molecular flexibility index (Phi) is 5.82. The molecule has 0 radical (unpaired) electrons. The van der Waals surface area contributed by atoms with Crippen LogP contribution in [0.2, 0.25) is 0 Å². The molecule has 2 heterocycles. The molecule has 39 heavy (non-hydrogen) atoms. The molecule has 0 atom stereocenters. The molecule has 0 amide bonds. The van der Waals surface area contributed by atoms with Crippen molar-refractivity contribution in [3.8, 4) is 17.3 Å². The molecule has 5 aromatic rings. The van der Waals surface area contributed by atoms with Crippen LogP contribution in [0.5, 0.6) is 0 Å². The van der Waals surface area contributed by atoms with Crippen LogP contribution in [0.1, 0.15) is 30.5 Å². The number of fused-ring (bicyclic) bond motifs is 2. The molecule has 190 valence electrons. The molecule has 0 spiro atoms. The van der Waals surface area contributed by atoms with Crippen LogP contribution >= 0.6 is 0 Å². The average Bonchev–Trinajstić information content (AvgIpc) is 2.98. The second-order valence-electron chi connectivity index (χ2n) is 10.1. The molecular weight excluding hydrogens is 502 g/mol. The van der Waals surface area contributed by atoms with Crippen LogP contribution in [0.25, 0.3) is 11.3 Å². The first kappa shape index (κ1) is 24.6. The molecule has 1 aromatic heterocycles. The molecule has 1 aliphatic rings. The van der Waals surface area contributed by atoms with Gasteiger partial charge < -0.3 is 4.90 Å². The fourth-order valence-electron chi connectivity index (χ4n) is 5.33. The van der Waals surface area contributed by atoms with Gasteiger partial charge in [0, 0.05) is 16.7 Å². The van der Waals surface area contributed by atoms with E-state index >= 15 is 0 Å². The fourth-order valence-corrected chi connectivity index (χ4v) is 6.58. The zero-order chi connectivity index (χ0) is 27.2. The van der Waals surface area contributed by atoms with Crippen LogP contribution in [-0.2, 0) is 15.3 Å². The highest BCUT2D eigenvalue weighted by Gasteiger charge is 2.36. The number of nitriles is 1. The Morgan fingerprint density at radius 3 is 2.00 bits per heavy atom. The average molecular weight is 528 g/mol. The van der Waals surface area contributed by atoms with E-state index in [9.17, 15) is 13.7 Å². The SMILES string of the molecule is CC1(C)c2ccccc2N(c2cccc(-c3cc(C#N)cc(S(=O)(=O)c4ccccc4)n3)c2)c2ccccc21. The number of anilines is 3. The van der Waals surface area contributed by atoms with E-state index in [0.717, 1.165) is 17.1 Å². The summed E-state index contributed by atoms with van der Waals surface area (Å²) in [6.07, 6.45) is 0. The lowest BCUT2D eigenvalue weighted by Crippen LogP contribution is -2.30. The second kappa shape index (κ2) is 9.23. The molecule has 0 unspecified atom stereocenters. The molecule has 1 aliphatic heterocycles. The van der Waals surface area contributed by atoms with Crippen LogP contribution in [0.15, 0.2) is 125 Å². The predicted octanol–water partition coefficient (Wildman–Crippen LogP) is 7.56. The number of pyridine rings is 1. The Bertz CT molecular complexity index is 1820. The van der Waals surface area contributed by atoms with Gasteiger partial charge >= 0.3 is 0 Å². The van der Waals surface area contributed by atoms with Gasteiger partial charge in [0.05, 0.1) is 33.6 Å². The zero-order valence-electron chi connectivity index (χ0n) is 21.5. The molecule has 4 aromatic carbocycles. The van der Waals surface area contributed by atoms with Gasteiger partial charge in [-0.25, -0.2) is 13.4 Å². The van der Waals surface area contributed by atoms with Gasteiger partial charge in [-0.15, -0.1) is 0 Å². The lowest BCUT2D eigenvalue weighted by Gasteiger charge is -2.42. The Balaban J connectivity index is 1.51. The number of hydrogen-bond acceptors (Lipinski definition) is 5. The second-order valence-corrected chi connectivity index (χ2v) is 11.9. The molecule has 6 rings (SSSR count). The van der Waals surface area contributed by atoms with Crippen LogP contribution < -0.4 is 4.90 Å². The van der Waals surface area contributed by atoms with Gasteiger partial charge in [-0.05, 0) is 59.7 Å². The molecule has 0 bridgehead atoms. The summed E-state index contributed by atoms with van der Waals surface area (Å²) in [5.74, 6) is 0. The number of aromatic nitrogens is 1. The molecule has 0 aliphatic carbocycles. The molecule has 0 fully saturated rings. The first-order valence-electron chi connectivity index (χ1n) is 12.6. The van der Waals surface area contributed by atoms with Gasteiger partial charge in [-0.2, -0.15) is 5.26 Å². The van der Waals surface area contributed by atoms with Gasteiger partial charge in [-0.3, -0.25) is 0 Å². The van der Waals surface area contributed by atoms with Crippen molar-refractivity contribution in [2.45, 2.75) is 29.2 Å². The van der Waals surface area contributed by atoms with Crippen molar-refractivity contribution >= 4 is 26.9 Å². The number of nitrogens with zero attached hydrogens (tertiary/aromatic N) is 3. The molecule has 5 nitrogen and oxygen atoms in total. The highest BCUT2D eigenvalue weighted by molar-refractivity contribution is 7.91. The molecule has 0 saturated carbocycles. The van der Waals surface area contributed by atoms with Crippen molar-refractivity contribution < 1.29 is 8.42 Å². The Morgan fingerprint density at radius 1 is 0.744 bits per heavy atom. The van der Waals surface area contributed by atoms with E-state index in [-0.39, 0.29) is 20.9 Å². The van der Waals surface area contributed by atoms with Crippen molar-refractivity contribution in [3.05, 3.63) is 132 Å². The van der Waals surface area contributed by atoms with E-state index in [1.54, 1.807) is 24.3 Å². The first-order valence-corrected chi connectivity index (χ1v) is 14.1. The topological polar surface area (TPSA) is 74.1 Å². The summed E-state index contributed by atoms with van der Waals surface area (Å²) < 4.78 is 26.7. The predicted molar refractivity (Wildman–Crippen MR) is 153 cm³/mol. The first-order chi connectivity index (χ1) is 18.8. The van der Waals surface area contributed by atoms with Crippen LogP contribution in [-0.4, -0.2) is 13.4 Å². The molecule has 0 saturated heterocycles. The maximum absolute atomic E-state index is 13.4. The minimum absolute atomic E-state index is 0.136. The van der Waals surface area contributed by atoms with Crippen LogP contribution in [0, 0.1) is 11.3 Å². The van der Waals surface area contributed by atoms with Gasteiger partial charge in [-0.1, -0.05) is 80.6 Å². The van der Waals surface area contributed by atoms with Crippen molar-refractivity contribution in [2.24, 2.45) is 0 Å². The largest absolute Gasteiger partial charge is 0.310 e. The normalized spacial score (nSPS) is 13.7. The lowest BCUT2D eigenvalue weighted by atomic mass is 9.73. The zero-order valence-corrected chi connectivity index (χ0v) is 22.4. The summed E-state index contributed by atoms with van der Waals surface area (Å²) in [5.41, 5.74) is 6.72. The third-order valence-corrected chi connectivity index (χ3v) is 8.95. The van der Waals surface area contributed by atoms with E-state index < -0.39 is 9.84 Å². The summed E-state index contributed by atoms with van der Waals surface area (Å²) in [4.78, 5) is 6.91. The van der Waals surface area contributed by atoms with Gasteiger partial charge in [0.2, 0.25) is 9.84 Å². The Morgan fingerprint density at radius 2 is 1.36 bits per heavy atom. The van der Waals surface area contributed by atoms with Crippen LogP contribution in [0.3, 0.4) is 0 Å². The monoisotopic (exact) mass is 527 g/mol. The smallest absolute Gasteiger partial charge is 0.223 e. The van der Waals surface area contributed by atoms with E-state index in [2.05, 4.69) is 66.2 Å². The summed E-state index contributed by atoms with van der Waals surface area (Å²) in [5, 5.41) is 9.57. The maximum Gasteiger partial charge on any atom is 0.223 e. The number of hydrogen-bond donors (Lipinski definition) is 0. The highest BCUT2D eigenvalue weighted by atomic mass is 32.2. The summed E-state index contributed by atoms with van der Waals surface area (Å²) >= 11 is 0. The van der Waals surface area contributed by atoms with E-state index in [4.69, 9.17) is 0 Å². The fraction of sp³-hybridized carbons (Fsp3) is 0.0909. The molecule has 6 heteroatoms. The third-order valence-electron chi connectivity index (χ3n) is 7.30. The number of benzene rings is 4. The molecular formula is C33H25N3O2S. The van der Waals surface area contributed by atoms with E-state index in [1.807, 2.05) is 36.4 Å². The van der Waals surface area contributed by atoms with Gasteiger partial charge in [0.25, 0.3) is 0 Å². The van der Waals surface area contributed by atoms with E-state index in [0.29, 0.717) is 11.3 Å². The summed E-state index contributed by atoms with van der Waals surface area (Å²) in [7, 11) is -3.90. The maximum atomic E-state index is 13.4. The van der Waals surface area contributed by atoms with Gasteiger partial charge in [0.15, 0.2) is 5.03 Å². The summed E-state index contributed by atoms with van der Waals surface area (Å²) in [6, 6.07) is 37.8. The quantitative estimate of drug-likeness (QED) is 0.241. The Hall–Kier alpha value is -4.73. The third kappa shape index (κ3) is 4.08. The van der Waals surface area contributed by atoms with Crippen LogP contribution in [0.4, 0.5) is 17.1 Å². The van der Waals surface area contributed by atoms with Crippen molar-refractivity contribution in [1.29, 1.82) is 5.26 Å². The van der Waals surface area contributed by atoms with E-state index in [1.165, 1.54) is 29.3 Å². The number of sulfone groups is 1. The highest BCUT2D eigenvalue weighted by Crippen LogP contribution is 2.51.